The number of rotatable bonds is 5. The molecule has 1 aliphatic rings. The van der Waals surface area contributed by atoms with Crippen molar-refractivity contribution >= 4 is 29.3 Å². The van der Waals surface area contributed by atoms with Gasteiger partial charge in [0, 0.05) is 30.0 Å². The van der Waals surface area contributed by atoms with E-state index in [1.54, 1.807) is 16.7 Å². The standard InChI is InChI=1S/C14H17NO3S/c16-13-8-10-19-12-6-2-1-5-11(12)15(13)9-4-3-7-14(17)18/h1-2,5-6H,3-4,7-10H2,(H,17,18). The van der Waals surface area contributed by atoms with E-state index in [0.29, 0.717) is 19.4 Å². The zero-order chi connectivity index (χ0) is 13.7. The fourth-order valence-electron chi connectivity index (χ4n) is 2.11. The lowest BCUT2D eigenvalue weighted by Crippen LogP contribution is -2.31. The van der Waals surface area contributed by atoms with Gasteiger partial charge in [-0.25, -0.2) is 0 Å². The van der Waals surface area contributed by atoms with Crippen molar-refractivity contribution in [1.82, 2.24) is 0 Å². The summed E-state index contributed by atoms with van der Waals surface area (Å²) in [7, 11) is 0. The fraction of sp³-hybridized carbons (Fsp3) is 0.429. The predicted molar refractivity (Wildman–Crippen MR) is 75.6 cm³/mol. The number of thioether (sulfide) groups is 1. The Labute approximate surface area is 116 Å². The van der Waals surface area contributed by atoms with Crippen LogP contribution in [-0.2, 0) is 9.59 Å². The molecule has 0 bridgehead atoms. The van der Waals surface area contributed by atoms with Crippen molar-refractivity contribution in [2.45, 2.75) is 30.6 Å². The van der Waals surface area contributed by atoms with E-state index >= 15 is 0 Å². The fourth-order valence-corrected chi connectivity index (χ4v) is 3.11. The summed E-state index contributed by atoms with van der Waals surface area (Å²) in [5.74, 6) is 0.160. The Morgan fingerprint density at radius 3 is 2.89 bits per heavy atom. The van der Waals surface area contributed by atoms with Crippen LogP contribution in [0, 0.1) is 0 Å². The third-order valence-electron chi connectivity index (χ3n) is 3.05. The summed E-state index contributed by atoms with van der Waals surface area (Å²) in [6.07, 6.45) is 2.03. The van der Waals surface area contributed by atoms with Crippen LogP contribution in [0.5, 0.6) is 0 Å². The second-order valence-electron chi connectivity index (χ2n) is 4.46. The highest BCUT2D eigenvalue weighted by Gasteiger charge is 2.21. The van der Waals surface area contributed by atoms with E-state index in [1.165, 1.54) is 0 Å². The Balaban J connectivity index is 2.04. The molecule has 0 fully saturated rings. The van der Waals surface area contributed by atoms with Gasteiger partial charge in [0.2, 0.25) is 5.91 Å². The molecule has 0 atom stereocenters. The molecule has 1 amide bonds. The Kier molecular flexibility index (Phi) is 4.85. The lowest BCUT2D eigenvalue weighted by atomic mass is 10.2. The van der Waals surface area contributed by atoms with Gasteiger partial charge in [-0.2, -0.15) is 0 Å². The van der Waals surface area contributed by atoms with Gasteiger partial charge in [0.15, 0.2) is 0 Å². The van der Waals surface area contributed by atoms with E-state index in [2.05, 4.69) is 0 Å². The molecule has 0 saturated carbocycles. The molecule has 0 aliphatic carbocycles. The molecular formula is C14H17NO3S. The summed E-state index contributed by atoms with van der Waals surface area (Å²) in [5.41, 5.74) is 0.963. The van der Waals surface area contributed by atoms with Gasteiger partial charge in [0.05, 0.1) is 5.69 Å². The number of carbonyl (C=O) groups excluding carboxylic acids is 1. The third kappa shape index (κ3) is 3.73. The first kappa shape index (κ1) is 13.9. The van der Waals surface area contributed by atoms with Crippen LogP contribution in [0.3, 0.4) is 0 Å². The number of carboxylic acid groups (broad SMARTS) is 1. The number of carbonyl (C=O) groups is 2. The SMILES string of the molecule is O=C(O)CCCCN1C(=O)CCSc2ccccc21. The first-order chi connectivity index (χ1) is 9.18. The van der Waals surface area contributed by atoms with Crippen LogP contribution in [0.25, 0.3) is 0 Å². The minimum absolute atomic E-state index is 0.132. The van der Waals surface area contributed by atoms with Crippen molar-refractivity contribution in [3.63, 3.8) is 0 Å². The summed E-state index contributed by atoms with van der Waals surface area (Å²) in [4.78, 5) is 25.5. The lowest BCUT2D eigenvalue weighted by molar-refractivity contribution is -0.137. The molecule has 1 aromatic rings. The van der Waals surface area contributed by atoms with Crippen molar-refractivity contribution in [3.8, 4) is 0 Å². The third-order valence-corrected chi connectivity index (χ3v) is 4.12. The summed E-state index contributed by atoms with van der Waals surface area (Å²) in [6, 6.07) is 7.90. The molecule has 0 aromatic heterocycles. The molecule has 5 heteroatoms. The summed E-state index contributed by atoms with van der Waals surface area (Å²) >= 11 is 1.70. The highest BCUT2D eigenvalue weighted by Crippen LogP contribution is 2.34. The molecule has 4 nitrogen and oxygen atoms in total. The molecule has 0 unspecified atom stereocenters. The van der Waals surface area contributed by atoms with Gasteiger partial charge in [-0.15, -0.1) is 11.8 Å². The first-order valence-corrected chi connectivity index (χ1v) is 7.41. The van der Waals surface area contributed by atoms with Crippen LogP contribution in [0.15, 0.2) is 29.2 Å². The minimum atomic E-state index is -0.779. The van der Waals surface area contributed by atoms with E-state index in [4.69, 9.17) is 5.11 Å². The Morgan fingerprint density at radius 1 is 1.32 bits per heavy atom. The van der Waals surface area contributed by atoms with E-state index in [1.807, 2.05) is 24.3 Å². The number of carboxylic acids is 1. The molecule has 19 heavy (non-hydrogen) atoms. The zero-order valence-corrected chi connectivity index (χ0v) is 11.5. The molecule has 0 radical (unpaired) electrons. The smallest absolute Gasteiger partial charge is 0.303 e. The average Bonchev–Trinajstić information content (AvgIpc) is 2.54. The topological polar surface area (TPSA) is 57.6 Å². The number of nitrogens with zero attached hydrogens (tertiary/aromatic N) is 1. The molecule has 1 aromatic carbocycles. The predicted octanol–water partition coefficient (Wildman–Crippen LogP) is 2.77. The Hall–Kier alpha value is -1.49. The maximum atomic E-state index is 12.1. The summed E-state index contributed by atoms with van der Waals surface area (Å²) in [6.45, 7) is 0.601. The van der Waals surface area contributed by atoms with Crippen LogP contribution >= 0.6 is 11.8 Å². The number of amides is 1. The maximum Gasteiger partial charge on any atom is 0.303 e. The normalized spacial score (nSPS) is 14.9. The molecule has 0 saturated heterocycles. The average molecular weight is 279 g/mol. The molecule has 1 aliphatic heterocycles. The summed E-state index contributed by atoms with van der Waals surface area (Å²) in [5, 5.41) is 8.62. The number of para-hydroxylation sites is 1. The molecule has 1 heterocycles. The Morgan fingerprint density at radius 2 is 2.11 bits per heavy atom. The van der Waals surface area contributed by atoms with Crippen molar-refractivity contribution < 1.29 is 14.7 Å². The van der Waals surface area contributed by atoms with Gasteiger partial charge in [0.1, 0.15) is 0 Å². The largest absolute Gasteiger partial charge is 0.481 e. The van der Waals surface area contributed by atoms with Gasteiger partial charge in [-0.1, -0.05) is 12.1 Å². The molecular weight excluding hydrogens is 262 g/mol. The van der Waals surface area contributed by atoms with Crippen LogP contribution < -0.4 is 4.90 Å². The number of hydrogen-bond acceptors (Lipinski definition) is 3. The zero-order valence-electron chi connectivity index (χ0n) is 10.7. The molecule has 2 rings (SSSR count). The maximum absolute atomic E-state index is 12.1. The van der Waals surface area contributed by atoms with Crippen molar-refractivity contribution in [3.05, 3.63) is 24.3 Å². The van der Waals surface area contributed by atoms with E-state index in [0.717, 1.165) is 22.8 Å². The highest BCUT2D eigenvalue weighted by atomic mass is 32.2. The van der Waals surface area contributed by atoms with Gasteiger partial charge in [0.25, 0.3) is 0 Å². The monoisotopic (exact) mass is 279 g/mol. The van der Waals surface area contributed by atoms with Crippen LogP contribution in [0.1, 0.15) is 25.7 Å². The first-order valence-electron chi connectivity index (χ1n) is 6.42. The highest BCUT2D eigenvalue weighted by molar-refractivity contribution is 7.99. The second-order valence-corrected chi connectivity index (χ2v) is 5.60. The van der Waals surface area contributed by atoms with Crippen LogP contribution in [0.2, 0.25) is 0 Å². The molecule has 102 valence electrons. The number of anilines is 1. The van der Waals surface area contributed by atoms with Crippen molar-refractivity contribution in [1.29, 1.82) is 0 Å². The van der Waals surface area contributed by atoms with Gasteiger partial charge >= 0.3 is 5.97 Å². The van der Waals surface area contributed by atoms with Gasteiger partial charge in [-0.05, 0) is 25.0 Å². The lowest BCUT2D eigenvalue weighted by Gasteiger charge is -2.22. The second kappa shape index (κ2) is 6.61. The van der Waals surface area contributed by atoms with E-state index < -0.39 is 5.97 Å². The van der Waals surface area contributed by atoms with Gasteiger partial charge in [-0.3, -0.25) is 9.59 Å². The number of fused-ring (bicyclic) bond motifs is 1. The van der Waals surface area contributed by atoms with Crippen molar-refractivity contribution in [2.75, 3.05) is 17.2 Å². The number of hydrogen-bond donors (Lipinski definition) is 1. The number of benzene rings is 1. The van der Waals surface area contributed by atoms with Crippen molar-refractivity contribution in [2.24, 2.45) is 0 Å². The summed E-state index contributed by atoms with van der Waals surface area (Å²) < 4.78 is 0. The molecule has 1 N–H and O–H groups in total. The number of aliphatic carboxylic acids is 1. The Bertz CT molecular complexity index is 476. The van der Waals surface area contributed by atoms with Crippen LogP contribution in [0.4, 0.5) is 5.69 Å². The molecule has 0 spiro atoms. The van der Waals surface area contributed by atoms with E-state index in [-0.39, 0.29) is 12.3 Å². The van der Waals surface area contributed by atoms with E-state index in [9.17, 15) is 9.59 Å². The minimum Gasteiger partial charge on any atom is -0.481 e. The van der Waals surface area contributed by atoms with Gasteiger partial charge < -0.3 is 10.0 Å². The number of unbranched alkanes of at least 4 members (excludes halogenated alkanes) is 1. The van der Waals surface area contributed by atoms with Crippen LogP contribution in [-0.4, -0.2) is 29.3 Å². The quantitative estimate of drug-likeness (QED) is 0.842.